The van der Waals surface area contributed by atoms with Crippen molar-refractivity contribution in [1.82, 2.24) is 0 Å². The van der Waals surface area contributed by atoms with Gasteiger partial charge >= 0.3 is 5.97 Å². The van der Waals surface area contributed by atoms with Gasteiger partial charge in [0.1, 0.15) is 0 Å². The molecule has 14 heavy (non-hydrogen) atoms. The molecule has 0 aliphatic carbocycles. The van der Waals surface area contributed by atoms with Crippen LogP contribution in [0, 0.1) is 0 Å². The molecule has 74 valence electrons. The molecule has 0 aromatic heterocycles. The second kappa shape index (κ2) is 4.75. The fraction of sp³-hybridized carbons (Fsp3) is 0.100. The summed E-state index contributed by atoms with van der Waals surface area (Å²) in [6.07, 6.45) is 1.62. The minimum atomic E-state index is -0.899. The summed E-state index contributed by atoms with van der Waals surface area (Å²) in [7, 11) is 0. The number of halogens is 2. The summed E-state index contributed by atoms with van der Waals surface area (Å²) < 4.78 is 1.85. The van der Waals surface area contributed by atoms with Gasteiger partial charge in [-0.15, -0.1) is 0 Å². The Kier molecular flexibility index (Phi) is 3.89. The molecule has 0 fully saturated rings. The second-order valence-electron chi connectivity index (χ2n) is 2.81. The summed E-state index contributed by atoms with van der Waals surface area (Å²) >= 11 is 6.69. The maximum Gasteiger partial charge on any atom is 0.331 e. The van der Waals surface area contributed by atoms with Crippen molar-refractivity contribution in [3.63, 3.8) is 0 Å². The minimum Gasteiger partial charge on any atom is -0.478 e. The molecule has 1 rings (SSSR count). The molecule has 0 unspecified atom stereocenters. The van der Waals surface area contributed by atoms with Crippen molar-refractivity contribution in [3.05, 3.63) is 38.3 Å². The van der Waals surface area contributed by atoms with E-state index >= 15 is 0 Å². The van der Waals surface area contributed by atoms with E-state index in [4.69, 9.17) is 5.11 Å². The van der Waals surface area contributed by atoms with Crippen molar-refractivity contribution in [2.45, 2.75) is 6.92 Å². The number of rotatable bonds is 2. The zero-order valence-corrected chi connectivity index (χ0v) is 10.6. The highest BCUT2D eigenvalue weighted by Crippen LogP contribution is 2.24. The Morgan fingerprint density at radius 3 is 2.50 bits per heavy atom. The highest BCUT2D eigenvalue weighted by atomic mass is 79.9. The van der Waals surface area contributed by atoms with E-state index in [1.165, 1.54) is 0 Å². The molecule has 2 nitrogen and oxygen atoms in total. The Hall–Kier alpha value is -0.610. The van der Waals surface area contributed by atoms with E-state index in [0.717, 1.165) is 14.5 Å². The first-order chi connectivity index (χ1) is 6.50. The predicted molar refractivity (Wildman–Crippen MR) is 63.1 cm³/mol. The van der Waals surface area contributed by atoms with Crippen molar-refractivity contribution in [2.75, 3.05) is 0 Å². The third kappa shape index (κ3) is 2.96. The molecule has 0 radical (unpaired) electrons. The number of benzene rings is 1. The largest absolute Gasteiger partial charge is 0.478 e. The van der Waals surface area contributed by atoms with E-state index in [1.54, 1.807) is 13.0 Å². The second-order valence-corrected chi connectivity index (χ2v) is 4.51. The van der Waals surface area contributed by atoms with Gasteiger partial charge in [-0.25, -0.2) is 4.79 Å². The van der Waals surface area contributed by atoms with E-state index in [2.05, 4.69) is 31.9 Å². The van der Waals surface area contributed by atoms with Gasteiger partial charge in [-0.3, -0.25) is 0 Å². The summed E-state index contributed by atoms with van der Waals surface area (Å²) in [5.41, 5.74) is 1.18. The van der Waals surface area contributed by atoms with Crippen molar-refractivity contribution in [2.24, 2.45) is 0 Å². The Labute approximate surface area is 98.9 Å². The molecule has 1 aromatic rings. The van der Waals surface area contributed by atoms with Crippen LogP contribution in [-0.4, -0.2) is 11.1 Å². The number of hydrogen-bond acceptors (Lipinski definition) is 1. The van der Waals surface area contributed by atoms with Gasteiger partial charge < -0.3 is 5.11 Å². The van der Waals surface area contributed by atoms with Gasteiger partial charge in [0, 0.05) is 14.5 Å². The molecule has 1 N–H and O–H groups in total. The van der Waals surface area contributed by atoms with Crippen molar-refractivity contribution in [1.29, 1.82) is 0 Å². The van der Waals surface area contributed by atoms with Crippen LogP contribution in [0.4, 0.5) is 0 Å². The smallest absolute Gasteiger partial charge is 0.331 e. The van der Waals surface area contributed by atoms with Gasteiger partial charge in [-0.05, 0) is 62.6 Å². The maximum atomic E-state index is 10.6. The number of carboxylic acid groups (broad SMARTS) is 1. The van der Waals surface area contributed by atoms with Gasteiger partial charge in [0.15, 0.2) is 0 Å². The topological polar surface area (TPSA) is 37.3 Å². The number of carboxylic acids is 1. The van der Waals surface area contributed by atoms with Gasteiger partial charge in [0.2, 0.25) is 0 Å². The molecule has 0 atom stereocenters. The first-order valence-corrected chi connectivity index (χ1v) is 5.46. The molecule has 0 saturated carbocycles. The monoisotopic (exact) mass is 318 g/mol. The molecule has 0 bridgehead atoms. The fourth-order valence-corrected chi connectivity index (χ4v) is 1.56. The molecule has 1 aromatic carbocycles. The van der Waals surface area contributed by atoms with Gasteiger partial charge in [-0.1, -0.05) is 6.07 Å². The Morgan fingerprint density at radius 1 is 1.36 bits per heavy atom. The standard InChI is InChI=1S/C10H8Br2O2/c1-6(10(13)14)4-7-2-3-8(11)9(12)5-7/h2-5H,1H3,(H,13,14)/b6-4+. The summed E-state index contributed by atoms with van der Waals surface area (Å²) in [6.45, 7) is 1.57. The molecule has 0 aliphatic rings. The Morgan fingerprint density at radius 2 is 2.00 bits per heavy atom. The lowest BCUT2D eigenvalue weighted by Gasteiger charge is -1.99. The van der Waals surface area contributed by atoms with Crippen LogP contribution < -0.4 is 0 Å². The number of carbonyl (C=O) groups is 1. The Balaban J connectivity index is 3.04. The summed E-state index contributed by atoms with van der Waals surface area (Å²) in [5, 5.41) is 8.68. The van der Waals surface area contributed by atoms with Crippen molar-refractivity contribution in [3.8, 4) is 0 Å². The quantitative estimate of drug-likeness (QED) is 0.844. The van der Waals surface area contributed by atoms with Crippen LogP contribution in [0.1, 0.15) is 12.5 Å². The molecule has 0 amide bonds. The van der Waals surface area contributed by atoms with Crippen LogP contribution in [0.3, 0.4) is 0 Å². The zero-order chi connectivity index (χ0) is 10.7. The molecule has 0 aliphatic heterocycles. The fourth-order valence-electron chi connectivity index (χ4n) is 0.914. The third-order valence-corrected chi connectivity index (χ3v) is 3.54. The van der Waals surface area contributed by atoms with Crippen molar-refractivity contribution < 1.29 is 9.90 Å². The van der Waals surface area contributed by atoms with E-state index < -0.39 is 5.97 Å². The first kappa shape index (κ1) is 11.5. The van der Waals surface area contributed by atoms with Crippen LogP contribution in [0.15, 0.2) is 32.7 Å². The van der Waals surface area contributed by atoms with E-state index in [9.17, 15) is 4.79 Å². The van der Waals surface area contributed by atoms with Gasteiger partial charge in [0.25, 0.3) is 0 Å². The summed E-state index contributed by atoms with van der Waals surface area (Å²) in [4.78, 5) is 10.6. The summed E-state index contributed by atoms with van der Waals surface area (Å²) in [6, 6.07) is 5.57. The third-order valence-electron chi connectivity index (χ3n) is 1.66. The molecular formula is C10H8Br2O2. The van der Waals surface area contributed by atoms with E-state index in [0.29, 0.717) is 5.57 Å². The average Bonchev–Trinajstić information content (AvgIpc) is 2.11. The van der Waals surface area contributed by atoms with Crippen LogP contribution in [-0.2, 0) is 4.79 Å². The highest BCUT2D eigenvalue weighted by Gasteiger charge is 2.01. The normalized spacial score (nSPS) is 11.5. The molecule has 4 heteroatoms. The number of aliphatic carboxylic acids is 1. The van der Waals surface area contributed by atoms with E-state index in [-0.39, 0.29) is 0 Å². The SMILES string of the molecule is C/C(=C\c1ccc(Br)c(Br)c1)C(=O)O. The molecule has 0 heterocycles. The lowest BCUT2D eigenvalue weighted by molar-refractivity contribution is -0.132. The molecule has 0 spiro atoms. The van der Waals surface area contributed by atoms with Crippen molar-refractivity contribution >= 4 is 43.9 Å². The minimum absolute atomic E-state index is 0.319. The average molecular weight is 320 g/mol. The van der Waals surface area contributed by atoms with Gasteiger partial charge in [-0.2, -0.15) is 0 Å². The zero-order valence-electron chi connectivity index (χ0n) is 7.42. The van der Waals surface area contributed by atoms with Crippen LogP contribution >= 0.6 is 31.9 Å². The van der Waals surface area contributed by atoms with Gasteiger partial charge in [0.05, 0.1) is 0 Å². The maximum absolute atomic E-state index is 10.6. The predicted octanol–water partition coefficient (Wildman–Crippen LogP) is 3.70. The molecule has 0 saturated heterocycles. The van der Waals surface area contributed by atoms with Crippen LogP contribution in [0.5, 0.6) is 0 Å². The molecular weight excluding hydrogens is 312 g/mol. The number of hydrogen-bond donors (Lipinski definition) is 1. The first-order valence-electron chi connectivity index (χ1n) is 3.87. The van der Waals surface area contributed by atoms with Crippen LogP contribution in [0.2, 0.25) is 0 Å². The highest BCUT2D eigenvalue weighted by molar-refractivity contribution is 9.13. The van der Waals surface area contributed by atoms with Crippen LogP contribution in [0.25, 0.3) is 6.08 Å². The Bertz CT molecular complexity index is 397. The van der Waals surface area contributed by atoms with E-state index in [1.807, 2.05) is 18.2 Å². The lowest BCUT2D eigenvalue weighted by atomic mass is 10.1. The summed E-state index contributed by atoms with van der Waals surface area (Å²) in [5.74, 6) is -0.899. The lowest BCUT2D eigenvalue weighted by Crippen LogP contribution is -1.95.